The van der Waals surface area contributed by atoms with Crippen molar-refractivity contribution in [2.75, 3.05) is 13.1 Å². The first-order valence-corrected chi connectivity index (χ1v) is 4.29. The third-order valence-corrected chi connectivity index (χ3v) is 2.32. The van der Waals surface area contributed by atoms with Gasteiger partial charge in [0.05, 0.1) is 6.54 Å². The Kier molecular flexibility index (Phi) is 1.89. The van der Waals surface area contributed by atoms with Crippen LogP contribution in [-0.2, 0) is 6.54 Å². The molecule has 0 spiro atoms. The molecule has 2 heterocycles. The highest BCUT2D eigenvalue weighted by Crippen LogP contribution is 2.21. The summed E-state index contributed by atoms with van der Waals surface area (Å²) < 4.78 is 15.7. The molecule has 0 amide bonds. The summed E-state index contributed by atoms with van der Waals surface area (Å²) in [7, 11) is 0. The Balaban J connectivity index is 2.02. The van der Waals surface area contributed by atoms with Gasteiger partial charge in [-0.2, -0.15) is 0 Å². The van der Waals surface area contributed by atoms with Crippen LogP contribution in [0.15, 0.2) is 24.5 Å². The second-order valence-corrected chi connectivity index (χ2v) is 3.43. The molecule has 0 saturated carbocycles. The summed E-state index contributed by atoms with van der Waals surface area (Å²) in [6.45, 7) is 1.77. The minimum Gasteiger partial charge on any atom is -0.351 e. The van der Waals surface area contributed by atoms with Crippen LogP contribution < -0.4 is 5.32 Å². The summed E-state index contributed by atoms with van der Waals surface area (Å²) >= 11 is 0. The van der Waals surface area contributed by atoms with Gasteiger partial charge >= 0.3 is 0 Å². The Hall–Kier alpha value is -0.830. The monoisotopic (exact) mass is 168 g/mol. The summed E-state index contributed by atoms with van der Waals surface area (Å²) in [5.74, 6) is 0. The third-order valence-electron chi connectivity index (χ3n) is 2.32. The number of nitrogens with zero attached hydrogens (tertiary/aromatic N) is 1. The van der Waals surface area contributed by atoms with Crippen LogP contribution >= 0.6 is 0 Å². The Bertz CT molecular complexity index is 237. The molecule has 1 aliphatic heterocycles. The van der Waals surface area contributed by atoms with E-state index in [0.29, 0.717) is 19.5 Å². The third kappa shape index (κ3) is 1.50. The summed E-state index contributed by atoms with van der Waals surface area (Å²) in [5.41, 5.74) is -1.03. The average Bonchev–Trinajstić information content (AvgIpc) is 2.62. The van der Waals surface area contributed by atoms with Gasteiger partial charge in [0, 0.05) is 18.9 Å². The normalized spacial score (nSPS) is 29.4. The predicted molar refractivity (Wildman–Crippen MR) is 45.8 cm³/mol. The molecule has 2 rings (SSSR count). The van der Waals surface area contributed by atoms with E-state index < -0.39 is 5.67 Å². The van der Waals surface area contributed by atoms with Crippen molar-refractivity contribution in [3.05, 3.63) is 24.5 Å². The van der Waals surface area contributed by atoms with E-state index >= 15 is 0 Å². The highest BCUT2D eigenvalue weighted by Gasteiger charge is 2.33. The van der Waals surface area contributed by atoms with Crippen LogP contribution in [0.1, 0.15) is 6.42 Å². The van der Waals surface area contributed by atoms with Gasteiger partial charge in [-0.25, -0.2) is 4.39 Å². The molecule has 0 bridgehead atoms. The number of hydrogen-bond donors (Lipinski definition) is 1. The smallest absolute Gasteiger partial charge is 0.142 e. The van der Waals surface area contributed by atoms with Gasteiger partial charge in [0.2, 0.25) is 0 Å². The number of hydrogen-bond acceptors (Lipinski definition) is 1. The van der Waals surface area contributed by atoms with Crippen molar-refractivity contribution in [3.63, 3.8) is 0 Å². The summed E-state index contributed by atoms with van der Waals surface area (Å²) in [5, 5.41) is 3.04. The van der Waals surface area contributed by atoms with Gasteiger partial charge in [-0.15, -0.1) is 0 Å². The highest BCUT2D eigenvalue weighted by atomic mass is 19.1. The zero-order valence-electron chi connectivity index (χ0n) is 6.96. The lowest BCUT2D eigenvalue weighted by Crippen LogP contribution is -2.31. The van der Waals surface area contributed by atoms with Gasteiger partial charge in [0.25, 0.3) is 0 Å². The molecule has 2 nitrogen and oxygen atoms in total. The second-order valence-electron chi connectivity index (χ2n) is 3.43. The molecule has 1 fully saturated rings. The molecule has 1 N–H and O–H groups in total. The van der Waals surface area contributed by atoms with Crippen LogP contribution in [0.25, 0.3) is 0 Å². The van der Waals surface area contributed by atoms with Crippen LogP contribution in [0.2, 0.25) is 0 Å². The first-order valence-electron chi connectivity index (χ1n) is 4.29. The van der Waals surface area contributed by atoms with E-state index in [0.717, 1.165) is 6.54 Å². The molecule has 1 unspecified atom stereocenters. The van der Waals surface area contributed by atoms with Crippen molar-refractivity contribution in [1.82, 2.24) is 9.88 Å². The van der Waals surface area contributed by atoms with Crippen LogP contribution in [0.4, 0.5) is 4.39 Å². The summed E-state index contributed by atoms with van der Waals surface area (Å²) in [4.78, 5) is 0. The van der Waals surface area contributed by atoms with E-state index in [2.05, 4.69) is 5.32 Å². The topological polar surface area (TPSA) is 17.0 Å². The van der Waals surface area contributed by atoms with E-state index in [1.54, 1.807) is 0 Å². The molecular formula is C9H13FN2. The SMILES string of the molecule is FC1(Cn2cccc2)CCNC1. The van der Waals surface area contributed by atoms with Crippen LogP contribution in [0.5, 0.6) is 0 Å². The van der Waals surface area contributed by atoms with Crippen molar-refractivity contribution in [2.24, 2.45) is 0 Å². The van der Waals surface area contributed by atoms with Crippen molar-refractivity contribution in [3.8, 4) is 0 Å². The van der Waals surface area contributed by atoms with Crippen LogP contribution in [-0.4, -0.2) is 23.3 Å². The lowest BCUT2D eigenvalue weighted by Gasteiger charge is -2.18. The number of aromatic nitrogens is 1. The first-order chi connectivity index (χ1) is 5.79. The predicted octanol–water partition coefficient (Wildman–Crippen LogP) is 1.19. The maximum Gasteiger partial charge on any atom is 0.142 e. The summed E-state index contributed by atoms with van der Waals surface area (Å²) in [6.07, 6.45) is 4.44. The quantitative estimate of drug-likeness (QED) is 0.702. The highest BCUT2D eigenvalue weighted by molar-refractivity contribution is 4.95. The molecule has 0 aromatic carbocycles. The molecule has 1 aromatic rings. The minimum atomic E-state index is -1.03. The fourth-order valence-electron chi connectivity index (χ4n) is 1.65. The lowest BCUT2D eigenvalue weighted by molar-refractivity contribution is 0.162. The minimum absolute atomic E-state index is 0.479. The van der Waals surface area contributed by atoms with E-state index in [4.69, 9.17) is 0 Å². The molecular weight excluding hydrogens is 155 g/mol. The number of halogens is 1. The van der Waals surface area contributed by atoms with Crippen molar-refractivity contribution in [1.29, 1.82) is 0 Å². The van der Waals surface area contributed by atoms with E-state index in [1.807, 2.05) is 29.1 Å². The first kappa shape index (κ1) is 7.80. The standard InChI is InChI=1S/C9H13FN2/c10-9(3-4-11-7-9)8-12-5-1-2-6-12/h1-2,5-6,11H,3-4,7-8H2. The van der Waals surface area contributed by atoms with Crippen LogP contribution in [0, 0.1) is 0 Å². The van der Waals surface area contributed by atoms with Crippen molar-refractivity contribution >= 4 is 0 Å². The average molecular weight is 168 g/mol. The van der Waals surface area contributed by atoms with Crippen molar-refractivity contribution < 1.29 is 4.39 Å². The zero-order chi connectivity index (χ0) is 8.44. The van der Waals surface area contributed by atoms with Gasteiger partial charge in [0.15, 0.2) is 0 Å². The van der Waals surface area contributed by atoms with Crippen LogP contribution in [0.3, 0.4) is 0 Å². The fraction of sp³-hybridized carbons (Fsp3) is 0.556. The molecule has 1 atom stereocenters. The lowest BCUT2D eigenvalue weighted by atomic mass is 10.1. The number of nitrogens with one attached hydrogen (secondary N) is 1. The van der Waals surface area contributed by atoms with Crippen molar-refractivity contribution in [2.45, 2.75) is 18.6 Å². The Morgan fingerprint density at radius 3 is 2.75 bits per heavy atom. The molecule has 0 radical (unpaired) electrons. The number of rotatable bonds is 2. The molecule has 1 aliphatic rings. The van der Waals surface area contributed by atoms with E-state index in [-0.39, 0.29) is 0 Å². The van der Waals surface area contributed by atoms with Gasteiger partial charge in [0.1, 0.15) is 5.67 Å². The molecule has 66 valence electrons. The van der Waals surface area contributed by atoms with E-state index in [1.165, 1.54) is 0 Å². The molecule has 1 aromatic heterocycles. The maximum atomic E-state index is 13.8. The molecule has 12 heavy (non-hydrogen) atoms. The van der Waals surface area contributed by atoms with Gasteiger partial charge < -0.3 is 9.88 Å². The molecule has 1 saturated heterocycles. The summed E-state index contributed by atoms with van der Waals surface area (Å²) in [6, 6.07) is 3.84. The maximum absolute atomic E-state index is 13.8. The molecule has 3 heteroatoms. The van der Waals surface area contributed by atoms with E-state index in [9.17, 15) is 4.39 Å². The fourth-order valence-corrected chi connectivity index (χ4v) is 1.65. The Labute approximate surface area is 71.4 Å². The number of alkyl halides is 1. The second kappa shape index (κ2) is 2.90. The Morgan fingerprint density at radius 1 is 1.42 bits per heavy atom. The van der Waals surface area contributed by atoms with Gasteiger partial charge in [-0.05, 0) is 25.1 Å². The Morgan fingerprint density at radius 2 is 2.17 bits per heavy atom. The molecule has 0 aliphatic carbocycles. The van der Waals surface area contributed by atoms with Gasteiger partial charge in [-0.1, -0.05) is 0 Å². The zero-order valence-corrected chi connectivity index (χ0v) is 6.96. The van der Waals surface area contributed by atoms with Gasteiger partial charge in [-0.3, -0.25) is 0 Å². The largest absolute Gasteiger partial charge is 0.351 e.